The normalized spacial score (nSPS) is 18.1. The van der Waals surface area contributed by atoms with Crippen molar-refractivity contribution >= 4 is 0 Å². The molecule has 1 N–H and O–H groups in total. The van der Waals surface area contributed by atoms with E-state index in [2.05, 4.69) is 34.3 Å². The third kappa shape index (κ3) is 3.49. The zero-order valence-corrected chi connectivity index (χ0v) is 11.7. The number of halogens is 3. The lowest BCUT2D eigenvalue weighted by Crippen LogP contribution is -2.43. The molecule has 0 amide bonds. The van der Waals surface area contributed by atoms with Crippen LogP contribution < -0.4 is 5.32 Å². The van der Waals surface area contributed by atoms with Gasteiger partial charge in [-0.3, -0.25) is 4.90 Å². The molecule has 114 valence electrons. The van der Waals surface area contributed by atoms with Crippen molar-refractivity contribution in [2.75, 3.05) is 19.6 Å². The van der Waals surface area contributed by atoms with Crippen molar-refractivity contribution in [1.29, 1.82) is 0 Å². The van der Waals surface area contributed by atoms with Crippen molar-refractivity contribution in [3.63, 3.8) is 0 Å². The van der Waals surface area contributed by atoms with E-state index in [0.29, 0.717) is 25.0 Å². The molecule has 8 heteroatoms. The number of hydrogen-bond acceptors (Lipinski definition) is 4. The van der Waals surface area contributed by atoms with E-state index >= 15 is 0 Å². The van der Waals surface area contributed by atoms with Gasteiger partial charge in [-0.2, -0.15) is 13.2 Å². The highest BCUT2D eigenvalue weighted by Gasteiger charge is 2.39. The van der Waals surface area contributed by atoms with Crippen LogP contribution >= 0.6 is 0 Å². The van der Waals surface area contributed by atoms with Crippen LogP contribution in [0.15, 0.2) is 0 Å². The first-order valence-electron chi connectivity index (χ1n) is 6.86. The monoisotopic (exact) mass is 291 g/mol. The number of nitrogens with one attached hydrogen (secondary N) is 1. The van der Waals surface area contributed by atoms with Gasteiger partial charge in [-0.15, -0.1) is 10.2 Å². The van der Waals surface area contributed by atoms with E-state index in [4.69, 9.17) is 0 Å². The van der Waals surface area contributed by atoms with Crippen molar-refractivity contribution in [3.05, 3.63) is 11.6 Å². The second-order valence-electron chi connectivity index (χ2n) is 5.18. The van der Waals surface area contributed by atoms with Gasteiger partial charge in [-0.25, -0.2) is 0 Å². The molecule has 2 heterocycles. The Morgan fingerprint density at radius 3 is 2.70 bits per heavy atom. The summed E-state index contributed by atoms with van der Waals surface area (Å²) in [7, 11) is 0. The molecule has 0 fully saturated rings. The average Bonchev–Trinajstić information content (AvgIpc) is 2.79. The van der Waals surface area contributed by atoms with Gasteiger partial charge in [0.2, 0.25) is 5.82 Å². The molecule has 0 aliphatic carbocycles. The van der Waals surface area contributed by atoms with E-state index in [-0.39, 0.29) is 6.54 Å². The fourth-order valence-electron chi connectivity index (χ4n) is 2.42. The zero-order chi connectivity index (χ0) is 14.8. The molecule has 1 unspecified atom stereocenters. The molecule has 0 saturated carbocycles. The SMILES string of the molecule is CCCNC(C)CN1CCn2c(nnc2C(F)(F)F)C1. The molecular weight excluding hydrogens is 271 g/mol. The van der Waals surface area contributed by atoms with Crippen LogP contribution in [0.5, 0.6) is 0 Å². The lowest BCUT2D eigenvalue weighted by molar-refractivity contribution is -0.148. The van der Waals surface area contributed by atoms with E-state index in [1.807, 2.05) is 0 Å². The summed E-state index contributed by atoms with van der Waals surface area (Å²) in [4.78, 5) is 2.11. The van der Waals surface area contributed by atoms with Gasteiger partial charge in [0.05, 0.1) is 6.54 Å². The van der Waals surface area contributed by atoms with Crippen molar-refractivity contribution in [2.45, 2.75) is 45.6 Å². The van der Waals surface area contributed by atoms with Crippen LogP contribution in [0.3, 0.4) is 0 Å². The summed E-state index contributed by atoms with van der Waals surface area (Å²) in [6.07, 6.45) is -3.36. The molecule has 1 atom stereocenters. The van der Waals surface area contributed by atoms with Gasteiger partial charge in [0, 0.05) is 25.7 Å². The Kier molecular flexibility index (Phi) is 4.64. The van der Waals surface area contributed by atoms with Crippen LogP contribution in [-0.4, -0.2) is 45.3 Å². The Morgan fingerprint density at radius 2 is 2.05 bits per heavy atom. The highest BCUT2D eigenvalue weighted by atomic mass is 19.4. The van der Waals surface area contributed by atoms with E-state index in [1.165, 1.54) is 4.57 Å². The maximum absolute atomic E-state index is 12.7. The Hall–Kier alpha value is -1.15. The van der Waals surface area contributed by atoms with Crippen LogP contribution in [0.4, 0.5) is 13.2 Å². The lowest BCUT2D eigenvalue weighted by atomic mass is 10.2. The zero-order valence-electron chi connectivity index (χ0n) is 11.7. The summed E-state index contributed by atoms with van der Waals surface area (Å²) in [6, 6.07) is 0.312. The summed E-state index contributed by atoms with van der Waals surface area (Å²) >= 11 is 0. The Morgan fingerprint density at radius 1 is 1.30 bits per heavy atom. The molecule has 20 heavy (non-hydrogen) atoms. The van der Waals surface area contributed by atoms with Crippen molar-refractivity contribution < 1.29 is 13.2 Å². The predicted octanol–water partition coefficient (Wildman–Crippen LogP) is 1.50. The average molecular weight is 291 g/mol. The molecule has 0 saturated heterocycles. The quantitative estimate of drug-likeness (QED) is 0.893. The molecule has 2 rings (SSSR count). The molecule has 5 nitrogen and oxygen atoms in total. The van der Waals surface area contributed by atoms with E-state index in [0.717, 1.165) is 19.5 Å². The fourth-order valence-corrected chi connectivity index (χ4v) is 2.42. The molecule has 1 aromatic heterocycles. The highest BCUT2D eigenvalue weighted by molar-refractivity contribution is 5.02. The summed E-state index contributed by atoms with van der Waals surface area (Å²) < 4.78 is 39.3. The third-order valence-corrected chi connectivity index (χ3v) is 3.36. The summed E-state index contributed by atoms with van der Waals surface area (Å²) in [5.41, 5.74) is 0. The molecule has 0 bridgehead atoms. The molecule has 0 spiro atoms. The minimum Gasteiger partial charge on any atom is -0.313 e. The number of nitrogens with zero attached hydrogens (tertiary/aromatic N) is 4. The first kappa shape index (κ1) is 15.2. The molecule has 1 aliphatic heterocycles. The van der Waals surface area contributed by atoms with Gasteiger partial charge in [0.1, 0.15) is 5.82 Å². The number of hydrogen-bond donors (Lipinski definition) is 1. The third-order valence-electron chi connectivity index (χ3n) is 3.36. The van der Waals surface area contributed by atoms with Crippen LogP contribution in [0.2, 0.25) is 0 Å². The molecule has 0 aromatic carbocycles. The second-order valence-corrected chi connectivity index (χ2v) is 5.18. The number of rotatable bonds is 5. The maximum atomic E-state index is 12.7. The number of aromatic nitrogens is 3. The fraction of sp³-hybridized carbons (Fsp3) is 0.833. The van der Waals surface area contributed by atoms with Gasteiger partial charge in [0.25, 0.3) is 0 Å². The Labute approximate surface area is 116 Å². The van der Waals surface area contributed by atoms with Crippen LogP contribution in [-0.2, 0) is 19.3 Å². The van der Waals surface area contributed by atoms with Gasteiger partial charge >= 0.3 is 6.18 Å². The standard InChI is InChI=1S/C12H20F3N5/c1-3-4-16-9(2)7-19-5-6-20-10(8-19)17-18-11(20)12(13,14)15/h9,16H,3-8H2,1-2H3. The maximum Gasteiger partial charge on any atom is 0.451 e. The smallest absolute Gasteiger partial charge is 0.313 e. The van der Waals surface area contributed by atoms with E-state index in [9.17, 15) is 13.2 Å². The number of fused-ring (bicyclic) bond motifs is 1. The highest BCUT2D eigenvalue weighted by Crippen LogP contribution is 2.29. The topological polar surface area (TPSA) is 46.0 Å². The minimum absolute atomic E-state index is 0.289. The Balaban J connectivity index is 1.97. The van der Waals surface area contributed by atoms with Gasteiger partial charge < -0.3 is 9.88 Å². The van der Waals surface area contributed by atoms with Crippen LogP contribution in [0.1, 0.15) is 31.9 Å². The number of alkyl halides is 3. The second kappa shape index (κ2) is 6.09. The lowest BCUT2D eigenvalue weighted by Gasteiger charge is -2.30. The van der Waals surface area contributed by atoms with Crippen molar-refractivity contribution in [3.8, 4) is 0 Å². The van der Waals surface area contributed by atoms with E-state index < -0.39 is 12.0 Å². The van der Waals surface area contributed by atoms with Crippen LogP contribution in [0.25, 0.3) is 0 Å². The molecular formula is C12H20F3N5. The van der Waals surface area contributed by atoms with Gasteiger partial charge in [-0.05, 0) is 19.9 Å². The molecule has 1 aliphatic rings. The van der Waals surface area contributed by atoms with Crippen molar-refractivity contribution in [2.24, 2.45) is 0 Å². The van der Waals surface area contributed by atoms with Gasteiger partial charge in [0.15, 0.2) is 0 Å². The summed E-state index contributed by atoms with van der Waals surface area (Å²) in [6.45, 7) is 7.22. The first-order chi connectivity index (χ1) is 9.41. The first-order valence-corrected chi connectivity index (χ1v) is 6.86. The predicted molar refractivity (Wildman–Crippen MR) is 68.1 cm³/mol. The Bertz CT molecular complexity index is 443. The van der Waals surface area contributed by atoms with Crippen molar-refractivity contribution in [1.82, 2.24) is 25.0 Å². The summed E-state index contributed by atoms with van der Waals surface area (Å²) in [5, 5.41) is 10.3. The van der Waals surface area contributed by atoms with Crippen LogP contribution in [0, 0.1) is 0 Å². The molecule has 0 radical (unpaired) electrons. The van der Waals surface area contributed by atoms with Gasteiger partial charge in [-0.1, -0.05) is 6.92 Å². The largest absolute Gasteiger partial charge is 0.451 e. The summed E-state index contributed by atoms with van der Waals surface area (Å²) in [5.74, 6) is -0.490. The minimum atomic E-state index is -4.43. The van der Waals surface area contributed by atoms with E-state index in [1.54, 1.807) is 0 Å². The molecule has 1 aromatic rings.